The molecular weight excluding hydrogens is 244 g/mol. The van der Waals surface area contributed by atoms with Crippen molar-refractivity contribution in [2.75, 3.05) is 20.3 Å². The van der Waals surface area contributed by atoms with Gasteiger partial charge in [0.25, 0.3) is 5.97 Å². The van der Waals surface area contributed by atoms with Crippen LogP contribution in [0.15, 0.2) is 0 Å². The zero-order chi connectivity index (χ0) is 13.8. The lowest BCUT2D eigenvalue weighted by atomic mass is 10.2. The van der Waals surface area contributed by atoms with Gasteiger partial charge in [-0.3, -0.25) is 0 Å². The van der Waals surface area contributed by atoms with E-state index in [2.05, 4.69) is 0 Å². The summed E-state index contributed by atoms with van der Waals surface area (Å²) in [5.74, 6) is -2.83. The Kier molecular flexibility index (Phi) is 5.06. The molecule has 0 amide bonds. The van der Waals surface area contributed by atoms with Gasteiger partial charge in [0.2, 0.25) is 0 Å². The maximum Gasteiger partial charge on any atom is 0.338 e. The van der Waals surface area contributed by atoms with E-state index >= 15 is 0 Å². The molecule has 0 aromatic carbocycles. The standard InChI is InChI=1S/C11H18O7/c1-5-15-9(12)7-8(10(13)16-6-2)18-11(3,14-4)17-7/h7-8H,5-6H2,1-4H3/t7-,8-/m1/s1. The molecule has 0 saturated carbocycles. The van der Waals surface area contributed by atoms with Gasteiger partial charge < -0.3 is 23.7 Å². The minimum atomic E-state index is -1.46. The molecule has 0 bridgehead atoms. The first-order valence-electron chi connectivity index (χ1n) is 5.71. The van der Waals surface area contributed by atoms with E-state index in [1.54, 1.807) is 13.8 Å². The van der Waals surface area contributed by atoms with E-state index in [1.807, 2.05) is 0 Å². The van der Waals surface area contributed by atoms with Crippen LogP contribution in [0.3, 0.4) is 0 Å². The smallest absolute Gasteiger partial charge is 0.338 e. The quantitative estimate of drug-likeness (QED) is 0.655. The van der Waals surface area contributed by atoms with Crippen molar-refractivity contribution >= 4 is 11.9 Å². The number of rotatable bonds is 5. The fourth-order valence-corrected chi connectivity index (χ4v) is 1.50. The molecule has 0 aromatic rings. The van der Waals surface area contributed by atoms with Crippen LogP contribution in [0, 0.1) is 0 Å². The van der Waals surface area contributed by atoms with Gasteiger partial charge in [0.1, 0.15) is 0 Å². The number of methoxy groups -OCH3 is 1. The van der Waals surface area contributed by atoms with Crippen LogP contribution in [0.5, 0.6) is 0 Å². The maximum atomic E-state index is 11.7. The Bertz CT molecular complexity index is 289. The summed E-state index contributed by atoms with van der Waals surface area (Å²) in [6.07, 6.45) is -2.37. The van der Waals surface area contributed by atoms with Crippen LogP contribution in [0.1, 0.15) is 20.8 Å². The summed E-state index contributed by atoms with van der Waals surface area (Å²) in [6, 6.07) is 0. The fourth-order valence-electron chi connectivity index (χ4n) is 1.50. The molecule has 7 nitrogen and oxygen atoms in total. The number of carbonyl (C=O) groups excluding carboxylic acids is 2. The first-order chi connectivity index (χ1) is 8.47. The van der Waals surface area contributed by atoms with E-state index in [0.29, 0.717) is 0 Å². The Labute approximate surface area is 105 Å². The zero-order valence-electron chi connectivity index (χ0n) is 10.9. The van der Waals surface area contributed by atoms with Crippen molar-refractivity contribution in [1.29, 1.82) is 0 Å². The molecule has 18 heavy (non-hydrogen) atoms. The normalized spacial score (nSPS) is 25.8. The molecule has 0 N–H and O–H groups in total. The summed E-state index contributed by atoms with van der Waals surface area (Å²) in [4.78, 5) is 23.4. The van der Waals surface area contributed by atoms with Crippen molar-refractivity contribution in [3.63, 3.8) is 0 Å². The summed E-state index contributed by atoms with van der Waals surface area (Å²) in [5.41, 5.74) is 0. The van der Waals surface area contributed by atoms with Gasteiger partial charge in [0.05, 0.1) is 13.2 Å². The van der Waals surface area contributed by atoms with Gasteiger partial charge in [-0.15, -0.1) is 0 Å². The van der Waals surface area contributed by atoms with E-state index in [4.69, 9.17) is 23.7 Å². The van der Waals surface area contributed by atoms with Gasteiger partial charge in [-0.2, -0.15) is 0 Å². The lowest BCUT2D eigenvalue weighted by Crippen LogP contribution is -2.39. The molecule has 1 fully saturated rings. The van der Waals surface area contributed by atoms with E-state index < -0.39 is 30.1 Å². The molecule has 0 radical (unpaired) electrons. The van der Waals surface area contributed by atoms with Gasteiger partial charge in [-0.25, -0.2) is 9.59 Å². The van der Waals surface area contributed by atoms with E-state index in [1.165, 1.54) is 14.0 Å². The van der Waals surface area contributed by atoms with Crippen molar-refractivity contribution in [2.45, 2.75) is 39.0 Å². The average Bonchev–Trinajstić information content (AvgIpc) is 2.69. The van der Waals surface area contributed by atoms with Crippen LogP contribution >= 0.6 is 0 Å². The minimum absolute atomic E-state index is 0.179. The lowest BCUT2D eigenvalue weighted by molar-refractivity contribution is -0.317. The third-order valence-corrected chi connectivity index (χ3v) is 2.37. The highest BCUT2D eigenvalue weighted by molar-refractivity contribution is 5.86. The van der Waals surface area contributed by atoms with Crippen molar-refractivity contribution in [2.24, 2.45) is 0 Å². The average molecular weight is 262 g/mol. The van der Waals surface area contributed by atoms with Gasteiger partial charge in [-0.05, 0) is 13.8 Å². The van der Waals surface area contributed by atoms with Crippen molar-refractivity contribution in [3.05, 3.63) is 0 Å². The van der Waals surface area contributed by atoms with Crippen LogP contribution in [-0.2, 0) is 33.3 Å². The molecule has 1 rings (SSSR count). The van der Waals surface area contributed by atoms with E-state index in [-0.39, 0.29) is 13.2 Å². The second kappa shape index (κ2) is 6.12. The summed E-state index contributed by atoms with van der Waals surface area (Å²) in [5, 5.41) is 0. The molecule has 0 aromatic heterocycles. The highest BCUT2D eigenvalue weighted by Gasteiger charge is 2.53. The van der Waals surface area contributed by atoms with Gasteiger partial charge in [0.15, 0.2) is 12.2 Å². The Balaban J connectivity index is 2.83. The Hall–Kier alpha value is -1.18. The van der Waals surface area contributed by atoms with Crippen LogP contribution in [-0.4, -0.2) is 50.4 Å². The summed E-state index contributed by atoms with van der Waals surface area (Å²) >= 11 is 0. The molecule has 104 valence electrons. The molecule has 7 heteroatoms. The van der Waals surface area contributed by atoms with Crippen LogP contribution < -0.4 is 0 Å². The highest BCUT2D eigenvalue weighted by atomic mass is 16.9. The Morgan fingerprint density at radius 3 is 1.72 bits per heavy atom. The molecule has 0 unspecified atom stereocenters. The first-order valence-corrected chi connectivity index (χ1v) is 5.71. The lowest BCUT2D eigenvalue weighted by Gasteiger charge is -2.19. The second-order valence-corrected chi connectivity index (χ2v) is 3.65. The SMILES string of the molecule is CCOC(=O)[C@@H]1OC(C)(OC)O[C@H]1C(=O)OCC. The van der Waals surface area contributed by atoms with Crippen LogP contribution in [0.25, 0.3) is 0 Å². The van der Waals surface area contributed by atoms with Crippen molar-refractivity contribution in [1.82, 2.24) is 0 Å². The highest BCUT2D eigenvalue weighted by Crippen LogP contribution is 2.30. The molecule has 1 heterocycles. The van der Waals surface area contributed by atoms with E-state index in [9.17, 15) is 9.59 Å². The Morgan fingerprint density at radius 2 is 1.44 bits per heavy atom. The molecule has 2 atom stereocenters. The molecule has 0 spiro atoms. The Morgan fingerprint density at radius 1 is 1.06 bits per heavy atom. The van der Waals surface area contributed by atoms with Gasteiger partial charge in [0, 0.05) is 14.0 Å². The van der Waals surface area contributed by atoms with Crippen molar-refractivity contribution in [3.8, 4) is 0 Å². The van der Waals surface area contributed by atoms with Crippen molar-refractivity contribution < 1.29 is 33.3 Å². The van der Waals surface area contributed by atoms with Gasteiger partial charge >= 0.3 is 11.9 Å². The third kappa shape index (κ3) is 3.18. The number of hydrogen-bond donors (Lipinski definition) is 0. The monoisotopic (exact) mass is 262 g/mol. The largest absolute Gasteiger partial charge is 0.464 e. The number of hydrogen-bond acceptors (Lipinski definition) is 7. The molecule has 1 aliphatic rings. The number of carbonyl (C=O) groups is 2. The second-order valence-electron chi connectivity index (χ2n) is 3.65. The van der Waals surface area contributed by atoms with Crippen LogP contribution in [0.2, 0.25) is 0 Å². The molecule has 1 saturated heterocycles. The maximum absolute atomic E-state index is 11.7. The summed E-state index contributed by atoms with van der Waals surface area (Å²) < 4.78 is 25.1. The van der Waals surface area contributed by atoms with Crippen LogP contribution in [0.4, 0.5) is 0 Å². The predicted molar refractivity (Wildman–Crippen MR) is 58.4 cm³/mol. The number of ether oxygens (including phenoxy) is 5. The first kappa shape index (κ1) is 14.9. The van der Waals surface area contributed by atoms with E-state index in [0.717, 1.165) is 0 Å². The summed E-state index contributed by atoms with van der Waals surface area (Å²) in [6.45, 7) is 5.12. The molecule has 0 aliphatic carbocycles. The number of esters is 2. The molecular formula is C11H18O7. The van der Waals surface area contributed by atoms with Gasteiger partial charge in [-0.1, -0.05) is 0 Å². The summed E-state index contributed by atoms with van der Waals surface area (Å²) in [7, 11) is 1.34. The molecule has 1 aliphatic heterocycles. The minimum Gasteiger partial charge on any atom is -0.464 e. The topological polar surface area (TPSA) is 80.3 Å². The zero-order valence-corrected chi connectivity index (χ0v) is 10.9. The third-order valence-electron chi connectivity index (χ3n) is 2.37. The fraction of sp³-hybridized carbons (Fsp3) is 0.818. The predicted octanol–water partition coefficient (Wildman–Crippen LogP) is 0.217.